The molecule has 0 aliphatic rings. The lowest BCUT2D eigenvalue weighted by molar-refractivity contribution is 1.20. The number of fused-ring (bicyclic) bond motifs is 6. The Hall–Kier alpha value is -7.20. The van der Waals surface area contributed by atoms with Gasteiger partial charge in [-0.3, -0.25) is 0 Å². The Morgan fingerprint density at radius 1 is 0.333 bits per heavy atom. The van der Waals surface area contributed by atoms with Gasteiger partial charge in [-0.15, -0.1) is 11.3 Å². The lowest BCUT2D eigenvalue weighted by atomic mass is 9.93. The number of hydrogen-bond acceptors (Lipinski definition) is 2. The zero-order chi connectivity index (χ0) is 37.7. The molecule has 2 heterocycles. The molecule has 0 amide bonds. The van der Waals surface area contributed by atoms with Gasteiger partial charge in [0.1, 0.15) is 0 Å². The highest BCUT2D eigenvalue weighted by molar-refractivity contribution is 7.25. The second kappa shape index (κ2) is 13.8. The summed E-state index contributed by atoms with van der Waals surface area (Å²) in [5.74, 6) is 0. The number of anilines is 3. The highest BCUT2D eigenvalue weighted by Gasteiger charge is 2.19. The van der Waals surface area contributed by atoms with Crippen LogP contribution in [-0.4, -0.2) is 4.57 Å². The van der Waals surface area contributed by atoms with Crippen LogP contribution < -0.4 is 4.90 Å². The van der Waals surface area contributed by atoms with Gasteiger partial charge in [0.05, 0.1) is 16.7 Å². The Morgan fingerprint density at radius 2 is 0.860 bits per heavy atom. The van der Waals surface area contributed by atoms with Crippen molar-refractivity contribution in [2.24, 2.45) is 0 Å². The van der Waals surface area contributed by atoms with Crippen LogP contribution in [0.3, 0.4) is 0 Å². The first-order valence-corrected chi connectivity index (χ1v) is 20.2. The van der Waals surface area contributed by atoms with Gasteiger partial charge in [0.2, 0.25) is 0 Å². The van der Waals surface area contributed by atoms with Crippen molar-refractivity contribution in [1.29, 1.82) is 0 Å². The zero-order valence-corrected chi connectivity index (χ0v) is 31.9. The predicted molar refractivity (Wildman–Crippen MR) is 245 cm³/mol. The highest BCUT2D eigenvalue weighted by atomic mass is 32.1. The van der Waals surface area contributed by atoms with Crippen LogP contribution in [0.1, 0.15) is 0 Å². The summed E-state index contributed by atoms with van der Waals surface area (Å²) in [4.78, 5) is 2.33. The van der Waals surface area contributed by atoms with E-state index in [1.54, 1.807) is 0 Å². The molecule has 2 aromatic heterocycles. The van der Waals surface area contributed by atoms with E-state index >= 15 is 0 Å². The van der Waals surface area contributed by atoms with Gasteiger partial charge >= 0.3 is 0 Å². The standard InChI is InChI=1S/C54H36N2S/c1-3-14-37(15-4-1)38-26-31-42(32-27-38)55(41-16-5-2-6-17-41)43-33-28-39(29-34-43)44-18-7-8-19-45(44)40-30-35-50-48(36-40)46-20-9-11-22-49(46)56(50)51-23-13-25-53-54(51)47-21-10-12-24-52(47)57-53/h1-36H. The molecule has 11 aromatic rings. The molecule has 0 fully saturated rings. The smallest absolute Gasteiger partial charge is 0.0555 e. The fourth-order valence-corrected chi connectivity index (χ4v) is 9.70. The Bertz CT molecular complexity index is 3210. The van der Waals surface area contributed by atoms with Crippen LogP contribution in [0, 0.1) is 0 Å². The number of hydrogen-bond donors (Lipinski definition) is 0. The van der Waals surface area contributed by atoms with Crippen LogP contribution in [0.2, 0.25) is 0 Å². The number of thiophene rings is 1. The number of nitrogens with zero attached hydrogens (tertiary/aromatic N) is 2. The van der Waals surface area contributed by atoms with E-state index in [1.807, 2.05) is 11.3 Å². The summed E-state index contributed by atoms with van der Waals surface area (Å²) in [6.45, 7) is 0. The lowest BCUT2D eigenvalue weighted by Crippen LogP contribution is -2.09. The molecule has 0 N–H and O–H groups in total. The molecule has 0 aliphatic heterocycles. The molecule has 268 valence electrons. The van der Waals surface area contributed by atoms with E-state index in [4.69, 9.17) is 0 Å². The predicted octanol–water partition coefficient (Wildman–Crippen LogP) is 15.6. The molecule has 11 rings (SSSR count). The third-order valence-electron chi connectivity index (χ3n) is 11.2. The molecule has 57 heavy (non-hydrogen) atoms. The summed E-state index contributed by atoms with van der Waals surface area (Å²) < 4.78 is 5.09. The van der Waals surface area contributed by atoms with Gasteiger partial charge in [-0.25, -0.2) is 0 Å². The van der Waals surface area contributed by atoms with Gasteiger partial charge in [0.25, 0.3) is 0 Å². The van der Waals surface area contributed by atoms with E-state index in [1.165, 1.54) is 81.0 Å². The van der Waals surface area contributed by atoms with E-state index in [2.05, 4.69) is 228 Å². The van der Waals surface area contributed by atoms with Crippen molar-refractivity contribution < 1.29 is 0 Å². The van der Waals surface area contributed by atoms with Gasteiger partial charge < -0.3 is 9.47 Å². The summed E-state index contributed by atoms with van der Waals surface area (Å²) in [5, 5.41) is 5.13. The van der Waals surface area contributed by atoms with Gasteiger partial charge in [0, 0.05) is 48.0 Å². The minimum absolute atomic E-state index is 1.11. The fourth-order valence-electron chi connectivity index (χ4n) is 8.58. The van der Waals surface area contributed by atoms with Crippen molar-refractivity contribution in [3.8, 4) is 39.1 Å². The van der Waals surface area contributed by atoms with Crippen LogP contribution in [-0.2, 0) is 0 Å². The third kappa shape index (κ3) is 5.71. The summed E-state index contributed by atoms with van der Waals surface area (Å²) >= 11 is 1.87. The first-order valence-electron chi connectivity index (χ1n) is 19.4. The quantitative estimate of drug-likeness (QED) is 0.158. The van der Waals surface area contributed by atoms with E-state index < -0.39 is 0 Å². The molecule has 0 atom stereocenters. The highest BCUT2D eigenvalue weighted by Crippen LogP contribution is 2.43. The molecule has 9 aromatic carbocycles. The monoisotopic (exact) mass is 744 g/mol. The third-order valence-corrected chi connectivity index (χ3v) is 12.4. The molecule has 2 nitrogen and oxygen atoms in total. The van der Waals surface area contributed by atoms with Crippen LogP contribution in [0.4, 0.5) is 17.1 Å². The van der Waals surface area contributed by atoms with E-state index in [9.17, 15) is 0 Å². The van der Waals surface area contributed by atoms with Gasteiger partial charge in [0.15, 0.2) is 0 Å². The Balaban J connectivity index is 0.994. The Kier molecular flexibility index (Phi) is 8.04. The van der Waals surface area contributed by atoms with E-state index in [0.29, 0.717) is 0 Å². The van der Waals surface area contributed by atoms with Gasteiger partial charge in [-0.05, 0) is 106 Å². The fraction of sp³-hybridized carbons (Fsp3) is 0. The van der Waals surface area contributed by atoms with Crippen molar-refractivity contribution in [3.05, 3.63) is 218 Å². The molecule has 0 aliphatic carbocycles. The van der Waals surface area contributed by atoms with Crippen LogP contribution in [0.25, 0.3) is 81.0 Å². The van der Waals surface area contributed by atoms with Crippen molar-refractivity contribution in [1.82, 2.24) is 4.57 Å². The normalized spacial score (nSPS) is 11.5. The SMILES string of the molecule is c1ccc(-c2ccc(N(c3ccccc3)c3ccc(-c4ccccc4-c4ccc5c(c4)c4ccccc4n5-c4cccc5sc6ccccc6c45)cc3)cc2)cc1. The van der Waals surface area contributed by atoms with Crippen LogP contribution in [0.5, 0.6) is 0 Å². The molecule has 0 radical (unpaired) electrons. The van der Waals surface area contributed by atoms with Crippen molar-refractivity contribution in [2.75, 3.05) is 4.90 Å². The average molecular weight is 745 g/mol. The summed E-state index contributed by atoms with van der Waals surface area (Å²) in [6.07, 6.45) is 0. The number of benzene rings is 9. The lowest BCUT2D eigenvalue weighted by Gasteiger charge is -2.26. The van der Waals surface area contributed by atoms with Gasteiger partial charge in [-0.2, -0.15) is 0 Å². The minimum Gasteiger partial charge on any atom is -0.311 e. The van der Waals surface area contributed by atoms with Crippen molar-refractivity contribution in [3.63, 3.8) is 0 Å². The molecular weight excluding hydrogens is 709 g/mol. The Morgan fingerprint density at radius 3 is 1.61 bits per heavy atom. The summed E-state index contributed by atoms with van der Waals surface area (Å²) in [5.41, 5.74) is 14.2. The first-order chi connectivity index (χ1) is 28.3. The zero-order valence-electron chi connectivity index (χ0n) is 31.1. The number of para-hydroxylation sites is 2. The Labute approximate surface area is 335 Å². The molecular formula is C54H36N2S. The van der Waals surface area contributed by atoms with Crippen molar-refractivity contribution >= 4 is 70.4 Å². The van der Waals surface area contributed by atoms with Crippen LogP contribution >= 0.6 is 11.3 Å². The maximum absolute atomic E-state index is 2.47. The minimum atomic E-state index is 1.11. The molecule has 0 unspecified atom stereocenters. The molecule has 0 saturated heterocycles. The maximum Gasteiger partial charge on any atom is 0.0555 e. The number of aromatic nitrogens is 1. The summed E-state index contributed by atoms with van der Waals surface area (Å²) in [6, 6.07) is 79.2. The van der Waals surface area contributed by atoms with E-state index in [-0.39, 0.29) is 0 Å². The van der Waals surface area contributed by atoms with Crippen LogP contribution in [0.15, 0.2) is 218 Å². The largest absolute Gasteiger partial charge is 0.311 e. The molecule has 0 saturated carbocycles. The number of rotatable bonds is 7. The second-order valence-corrected chi connectivity index (χ2v) is 15.6. The molecule has 0 spiro atoms. The second-order valence-electron chi connectivity index (χ2n) is 14.5. The first kappa shape index (κ1) is 33.2. The van der Waals surface area contributed by atoms with Gasteiger partial charge in [-0.1, -0.05) is 146 Å². The maximum atomic E-state index is 2.47. The topological polar surface area (TPSA) is 8.17 Å². The van der Waals surface area contributed by atoms with Crippen molar-refractivity contribution in [2.45, 2.75) is 0 Å². The molecule has 3 heteroatoms. The molecule has 0 bridgehead atoms. The van der Waals surface area contributed by atoms with E-state index in [0.717, 1.165) is 17.1 Å². The summed E-state index contributed by atoms with van der Waals surface area (Å²) in [7, 11) is 0. The average Bonchev–Trinajstić information content (AvgIpc) is 3.83.